The van der Waals surface area contributed by atoms with E-state index in [1.165, 1.54) is 18.3 Å². The largest absolute Gasteiger partial charge is 0.462 e. The molecule has 186 valence electrons. The average molecular weight is 498 g/mol. The van der Waals surface area contributed by atoms with Crippen molar-refractivity contribution < 1.29 is 24.2 Å². The summed E-state index contributed by atoms with van der Waals surface area (Å²) < 4.78 is 11.5. The molecule has 8 heteroatoms. The second-order valence-electron chi connectivity index (χ2n) is 9.00. The van der Waals surface area contributed by atoms with E-state index in [0.29, 0.717) is 24.6 Å². The van der Waals surface area contributed by atoms with Crippen LogP contribution < -0.4 is 0 Å². The van der Waals surface area contributed by atoms with Gasteiger partial charge in [-0.3, -0.25) is 4.79 Å². The number of aromatic nitrogens is 1. The van der Waals surface area contributed by atoms with E-state index in [0.717, 1.165) is 55.0 Å². The van der Waals surface area contributed by atoms with Crippen molar-refractivity contribution in [2.75, 3.05) is 12.4 Å². The molecule has 6 nitrogen and oxygen atoms in total. The molecule has 1 fully saturated rings. The van der Waals surface area contributed by atoms with Gasteiger partial charge in [0, 0.05) is 24.0 Å². The highest BCUT2D eigenvalue weighted by atomic mass is 32.2. The topological polar surface area (TPSA) is 85.7 Å². The highest BCUT2D eigenvalue weighted by molar-refractivity contribution is 8.01. The molecule has 0 spiro atoms. The number of carbonyl (C=O) groups is 2. The van der Waals surface area contributed by atoms with Crippen LogP contribution in [0, 0.1) is 11.8 Å². The fourth-order valence-corrected chi connectivity index (χ4v) is 6.22. The quantitative estimate of drug-likeness (QED) is 0.145. The number of unbranched alkanes of at least 4 members (excludes halogenated alkanes) is 2. The summed E-state index contributed by atoms with van der Waals surface area (Å²) in [5, 5.41) is 12.4. The van der Waals surface area contributed by atoms with E-state index < -0.39 is 5.60 Å². The Kier molecular flexibility index (Phi) is 11.9. The molecule has 1 N–H and O–H groups in total. The molecule has 1 aliphatic carbocycles. The molecule has 1 unspecified atom stereocenters. The molecule has 1 aliphatic rings. The average Bonchev–Trinajstić information content (AvgIpc) is 3.36. The van der Waals surface area contributed by atoms with Gasteiger partial charge in [0.15, 0.2) is 10.0 Å². The summed E-state index contributed by atoms with van der Waals surface area (Å²) in [7, 11) is 0. The van der Waals surface area contributed by atoms with E-state index >= 15 is 0 Å². The maximum Gasteiger partial charge on any atom is 0.357 e. The Morgan fingerprint density at radius 3 is 2.82 bits per heavy atom. The summed E-state index contributed by atoms with van der Waals surface area (Å²) >= 11 is 3.07. The SMILES string of the molecule is CCCCCC(C)(O)C/C=C/[C@@H]1CC[C@H](OC(C)=O)[C@@H]1CCSc1nc(C(=O)OCC)cs1. The van der Waals surface area contributed by atoms with E-state index in [1.54, 1.807) is 24.1 Å². The van der Waals surface area contributed by atoms with Crippen LogP contribution in [-0.4, -0.2) is 46.1 Å². The van der Waals surface area contributed by atoms with Crippen molar-refractivity contribution in [2.24, 2.45) is 11.8 Å². The van der Waals surface area contributed by atoms with Crippen molar-refractivity contribution >= 4 is 35.0 Å². The third-order valence-electron chi connectivity index (χ3n) is 6.03. The Labute approximate surface area is 206 Å². The smallest absolute Gasteiger partial charge is 0.357 e. The van der Waals surface area contributed by atoms with Gasteiger partial charge in [-0.25, -0.2) is 9.78 Å². The van der Waals surface area contributed by atoms with Crippen molar-refractivity contribution in [3.05, 3.63) is 23.2 Å². The van der Waals surface area contributed by atoms with Gasteiger partial charge in [-0.2, -0.15) is 0 Å². The van der Waals surface area contributed by atoms with Crippen LogP contribution in [0.15, 0.2) is 21.9 Å². The van der Waals surface area contributed by atoms with E-state index in [9.17, 15) is 14.7 Å². The van der Waals surface area contributed by atoms with Gasteiger partial charge in [0.05, 0.1) is 12.2 Å². The van der Waals surface area contributed by atoms with Crippen LogP contribution in [-0.2, 0) is 14.3 Å². The van der Waals surface area contributed by atoms with Crippen molar-refractivity contribution in [1.29, 1.82) is 0 Å². The number of thioether (sulfide) groups is 1. The van der Waals surface area contributed by atoms with Crippen LogP contribution in [0.2, 0.25) is 0 Å². The van der Waals surface area contributed by atoms with Crippen molar-refractivity contribution in [3.63, 3.8) is 0 Å². The number of esters is 2. The van der Waals surface area contributed by atoms with Gasteiger partial charge in [0.1, 0.15) is 6.10 Å². The number of hydrogen-bond donors (Lipinski definition) is 1. The maximum absolute atomic E-state index is 11.8. The molecule has 0 saturated heterocycles. The number of aliphatic hydroxyl groups is 1. The van der Waals surface area contributed by atoms with E-state index in [4.69, 9.17) is 9.47 Å². The van der Waals surface area contributed by atoms with Crippen molar-refractivity contribution in [3.8, 4) is 0 Å². The molecule has 0 amide bonds. The molecule has 0 radical (unpaired) electrons. The third kappa shape index (κ3) is 9.79. The molecule has 1 heterocycles. The van der Waals surface area contributed by atoms with E-state index in [1.807, 2.05) is 6.92 Å². The fourth-order valence-electron chi connectivity index (χ4n) is 4.32. The lowest BCUT2D eigenvalue weighted by Gasteiger charge is -2.24. The summed E-state index contributed by atoms with van der Waals surface area (Å²) in [5.41, 5.74) is -0.318. The monoisotopic (exact) mass is 497 g/mol. The first-order valence-electron chi connectivity index (χ1n) is 12.1. The minimum Gasteiger partial charge on any atom is -0.462 e. The summed E-state index contributed by atoms with van der Waals surface area (Å²) in [5.74, 6) is 0.777. The Balaban J connectivity index is 1.92. The summed E-state index contributed by atoms with van der Waals surface area (Å²) in [6.45, 7) is 7.66. The molecule has 1 saturated carbocycles. The van der Waals surface area contributed by atoms with E-state index in [-0.39, 0.29) is 24.0 Å². The Hall–Kier alpha value is -1.38. The van der Waals surface area contributed by atoms with Gasteiger partial charge < -0.3 is 14.6 Å². The second-order valence-corrected chi connectivity index (χ2v) is 11.2. The Morgan fingerprint density at radius 1 is 1.33 bits per heavy atom. The maximum atomic E-state index is 11.8. The lowest BCUT2D eigenvalue weighted by Crippen LogP contribution is -2.25. The molecule has 1 aromatic heterocycles. The first-order chi connectivity index (χ1) is 15.8. The predicted octanol–water partition coefficient (Wildman–Crippen LogP) is 6.04. The number of carbonyl (C=O) groups excluding carboxylic acids is 2. The highest BCUT2D eigenvalue weighted by Gasteiger charge is 2.36. The van der Waals surface area contributed by atoms with Gasteiger partial charge in [-0.15, -0.1) is 11.3 Å². The highest BCUT2D eigenvalue weighted by Crippen LogP contribution is 2.39. The molecule has 0 aromatic carbocycles. The van der Waals surface area contributed by atoms with Gasteiger partial charge >= 0.3 is 11.9 Å². The van der Waals surface area contributed by atoms with Crippen LogP contribution >= 0.6 is 23.1 Å². The first-order valence-corrected chi connectivity index (χ1v) is 13.9. The Morgan fingerprint density at radius 2 is 2.12 bits per heavy atom. The van der Waals surface area contributed by atoms with Gasteiger partial charge in [0.25, 0.3) is 0 Å². The second kappa shape index (κ2) is 14.1. The normalized spacial score (nSPS) is 22.4. The van der Waals surface area contributed by atoms with Gasteiger partial charge in [0.2, 0.25) is 0 Å². The molecular formula is C25H39NO5S2. The number of rotatable bonds is 14. The van der Waals surface area contributed by atoms with Crippen LogP contribution in [0.25, 0.3) is 0 Å². The van der Waals surface area contributed by atoms with E-state index in [2.05, 4.69) is 24.1 Å². The number of allylic oxidation sites excluding steroid dienone is 1. The summed E-state index contributed by atoms with van der Waals surface area (Å²) in [4.78, 5) is 27.8. The lowest BCUT2D eigenvalue weighted by atomic mass is 9.89. The summed E-state index contributed by atoms with van der Waals surface area (Å²) in [6, 6.07) is 0. The minimum absolute atomic E-state index is 0.0748. The number of nitrogens with zero attached hydrogens (tertiary/aromatic N) is 1. The number of thiazole rings is 1. The third-order valence-corrected chi connectivity index (χ3v) is 8.09. The van der Waals surface area contributed by atoms with Crippen molar-refractivity contribution in [1.82, 2.24) is 4.98 Å². The molecule has 2 rings (SSSR count). The number of ether oxygens (including phenoxy) is 2. The molecule has 33 heavy (non-hydrogen) atoms. The fraction of sp³-hybridized carbons (Fsp3) is 0.720. The molecule has 4 atom stereocenters. The number of hydrogen-bond acceptors (Lipinski definition) is 8. The Bertz CT molecular complexity index is 777. The van der Waals surface area contributed by atoms with Crippen molar-refractivity contribution in [2.45, 2.75) is 95.1 Å². The van der Waals surface area contributed by atoms with Gasteiger partial charge in [-0.05, 0) is 51.9 Å². The molecule has 1 aromatic rings. The first kappa shape index (κ1) is 27.9. The zero-order valence-electron chi connectivity index (χ0n) is 20.4. The zero-order valence-corrected chi connectivity index (χ0v) is 22.0. The van der Waals surface area contributed by atoms with Gasteiger partial charge in [-0.1, -0.05) is 50.1 Å². The molecule has 0 bridgehead atoms. The minimum atomic E-state index is -0.674. The lowest BCUT2D eigenvalue weighted by molar-refractivity contribution is -0.148. The van der Waals surface area contributed by atoms with Crippen LogP contribution in [0.3, 0.4) is 0 Å². The standard InChI is InChI=1S/C25H39NO5S2/c1-5-7-8-14-25(4,29)15-9-10-19-11-12-22(31-18(3)27)20(19)13-16-32-24-26-21(17-33-24)23(28)30-6-2/h9-10,17,19-20,22,29H,5-8,11-16H2,1-4H3/b10-9+/t19-,20-,22+,25?/m1/s1. The molecular weight excluding hydrogens is 458 g/mol. The predicted molar refractivity (Wildman–Crippen MR) is 134 cm³/mol. The zero-order chi connectivity index (χ0) is 24.3. The molecule has 0 aliphatic heterocycles. The van der Waals surface area contributed by atoms with Crippen LogP contribution in [0.4, 0.5) is 0 Å². The summed E-state index contributed by atoms with van der Waals surface area (Å²) in [6.07, 6.45) is 11.8. The van der Waals surface area contributed by atoms with Crippen LogP contribution in [0.1, 0.15) is 89.5 Å². The van der Waals surface area contributed by atoms with Crippen LogP contribution in [0.5, 0.6) is 0 Å².